The van der Waals surface area contributed by atoms with E-state index < -0.39 is 17.1 Å². The molecule has 0 saturated carbocycles. The molecule has 3 amide bonds. The molecule has 33 heavy (non-hydrogen) atoms. The van der Waals surface area contributed by atoms with Crippen LogP contribution in [0.4, 0.5) is 4.39 Å². The summed E-state index contributed by atoms with van der Waals surface area (Å²) in [5.74, 6) is -1.33. The van der Waals surface area contributed by atoms with Gasteiger partial charge in [0.25, 0.3) is 0 Å². The Hall–Kier alpha value is -3.13. The zero-order valence-electron chi connectivity index (χ0n) is 18.7. The number of aromatic nitrogens is 1. The fourth-order valence-electron chi connectivity index (χ4n) is 4.92. The van der Waals surface area contributed by atoms with Gasteiger partial charge in [-0.1, -0.05) is 18.2 Å². The van der Waals surface area contributed by atoms with Crippen molar-refractivity contribution in [3.05, 3.63) is 65.7 Å². The van der Waals surface area contributed by atoms with Crippen LogP contribution in [0.25, 0.3) is 0 Å². The summed E-state index contributed by atoms with van der Waals surface area (Å²) < 4.78 is 19.4. The van der Waals surface area contributed by atoms with Gasteiger partial charge in [0.05, 0.1) is 18.6 Å². The van der Waals surface area contributed by atoms with Crippen LogP contribution in [0, 0.1) is 11.7 Å². The first-order chi connectivity index (χ1) is 15.9. The van der Waals surface area contributed by atoms with Gasteiger partial charge in [-0.25, -0.2) is 4.39 Å². The Kier molecular flexibility index (Phi) is 6.83. The minimum atomic E-state index is -1.42. The van der Waals surface area contributed by atoms with E-state index in [1.54, 1.807) is 42.6 Å². The smallest absolute Gasteiger partial charge is 0.241 e. The number of hydrogen-bond donors (Lipinski definition) is 0. The number of methoxy groups -OCH3 is 1. The summed E-state index contributed by atoms with van der Waals surface area (Å²) >= 11 is 0. The summed E-state index contributed by atoms with van der Waals surface area (Å²) in [6, 6.07) is 9.19. The lowest BCUT2D eigenvalue weighted by Crippen LogP contribution is -2.46. The average molecular weight is 454 g/mol. The number of carbonyl (C=O) groups excluding carboxylic acids is 3. The van der Waals surface area contributed by atoms with E-state index in [1.165, 1.54) is 23.1 Å². The van der Waals surface area contributed by atoms with Crippen LogP contribution in [-0.4, -0.2) is 59.3 Å². The average Bonchev–Trinajstić information content (AvgIpc) is 3.05. The van der Waals surface area contributed by atoms with Gasteiger partial charge in [-0.05, 0) is 48.1 Å². The molecule has 1 aromatic carbocycles. The second-order valence-corrected chi connectivity index (χ2v) is 8.90. The van der Waals surface area contributed by atoms with Gasteiger partial charge >= 0.3 is 0 Å². The molecule has 174 valence electrons. The molecular weight excluding hydrogens is 425 g/mol. The van der Waals surface area contributed by atoms with E-state index >= 15 is 0 Å². The molecule has 3 heterocycles. The topological polar surface area (TPSA) is 79.8 Å². The van der Waals surface area contributed by atoms with Gasteiger partial charge in [-0.2, -0.15) is 0 Å². The number of rotatable bonds is 7. The Bertz CT molecular complexity index is 1030. The zero-order valence-corrected chi connectivity index (χ0v) is 18.7. The first-order valence-corrected chi connectivity index (χ1v) is 11.2. The van der Waals surface area contributed by atoms with E-state index in [1.807, 2.05) is 0 Å². The Morgan fingerprint density at radius 2 is 2.12 bits per heavy atom. The van der Waals surface area contributed by atoms with Crippen LogP contribution in [0.15, 0.2) is 48.8 Å². The van der Waals surface area contributed by atoms with E-state index in [2.05, 4.69) is 4.98 Å². The number of piperidine rings is 1. The molecule has 0 bridgehead atoms. The number of benzene rings is 1. The molecule has 1 aromatic heterocycles. The van der Waals surface area contributed by atoms with E-state index in [-0.39, 0.29) is 37.1 Å². The van der Waals surface area contributed by atoms with Crippen molar-refractivity contribution in [3.63, 3.8) is 0 Å². The van der Waals surface area contributed by atoms with Crippen LogP contribution in [0.5, 0.6) is 0 Å². The van der Waals surface area contributed by atoms with Crippen molar-refractivity contribution in [2.45, 2.75) is 37.6 Å². The number of likely N-dealkylation sites (tertiary alicyclic amines) is 2. The summed E-state index contributed by atoms with van der Waals surface area (Å²) in [7, 11) is 1.64. The van der Waals surface area contributed by atoms with Gasteiger partial charge in [0.15, 0.2) is 0 Å². The maximum Gasteiger partial charge on any atom is 0.241 e. The number of pyridine rings is 1. The molecular formula is C25H28FN3O4. The lowest BCUT2D eigenvalue weighted by molar-refractivity contribution is -0.143. The summed E-state index contributed by atoms with van der Waals surface area (Å²) in [5, 5.41) is 0. The highest BCUT2D eigenvalue weighted by atomic mass is 19.1. The van der Waals surface area contributed by atoms with E-state index in [0.29, 0.717) is 30.8 Å². The number of hydrogen-bond acceptors (Lipinski definition) is 5. The molecule has 2 fully saturated rings. The summed E-state index contributed by atoms with van der Waals surface area (Å²) in [6.45, 7) is 1.78. The molecule has 2 aliphatic rings. The van der Waals surface area contributed by atoms with Gasteiger partial charge < -0.3 is 9.64 Å². The van der Waals surface area contributed by atoms with Crippen LogP contribution in [0.2, 0.25) is 0 Å². The fraction of sp³-hybridized carbons (Fsp3) is 0.440. The SMILES string of the molecule is COC[C@H]1CCCN(C(=O)C[C@@]2(c3cccc(F)c3)CC(=O)N(Cc3cccnc3)C2=O)C1. The number of amides is 3. The Morgan fingerprint density at radius 3 is 2.85 bits per heavy atom. The number of nitrogens with zero attached hydrogens (tertiary/aromatic N) is 3. The lowest BCUT2D eigenvalue weighted by Gasteiger charge is -2.35. The molecule has 2 aromatic rings. The van der Waals surface area contributed by atoms with Gasteiger partial charge in [-0.15, -0.1) is 0 Å². The maximum atomic E-state index is 14.2. The molecule has 0 aliphatic carbocycles. The molecule has 8 heteroatoms. The molecule has 0 N–H and O–H groups in total. The van der Waals surface area contributed by atoms with E-state index in [4.69, 9.17) is 4.74 Å². The second-order valence-electron chi connectivity index (χ2n) is 8.90. The molecule has 2 aliphatic heterocycles. The summed E-state index contributed by atoms with van der Waals surface area (Å²) in [4.78, 5) is 47.1. The van der Waals surface area contributed by atoms with Crippen LogP contribution >= 0.6 is 0 Å². The van der Waals surface area contributed by atoms with Crippen molar-refractivity contribution >= 4 is 17.7 Å². The normalized spacial score (nSPS) is 23.3. The minimum Gasteiger partial charge on any atom is -0.384 e. The highest BCUT2D eigenvalue weighted by Gasteiger charge is 2.54. The minimum absolute atomic E-state index is 0.0659. The third-order valence-corrected chi connectivity index (χ3v) is 6.58. The van der Waals surface area contributed by atoms with Gasteiger partial charge in [0.1, 0.15) is 5.82 Å². The molecule has 7 nitrogen and oxygen atoms in total. The quantitative estimate of drug-likeness (QED) is 0.603. The molecule has 4 rings (SSSR count). The predicted molar refractivity (Wildman–Crippen MR) is 118 cm³/mol. The molecule has 0 spiro atoms. The number of halogens is 1. The Morgan fingerprint density at radius 1 is 1.27 bits per heavy atom. The lowest BCUT2D eigenvalue weighted by atomic mass is 9.75. The summed E-state index contributed by atoms with van der Waals surface area (Å²) in [5.41, 5.74) is -0.362. The first-order valence-electron chi connectivity index (χ1n) is 11.2. The Labute approximate surface area is 192 Å². The van der Waals surface area contributed by atoms with Crippen molar-refractivity contribution in [1.82, 2.24) is 14.8 Å². The first kappa shape index (κ1) is 23.0. The fourth-order valence-corrected chi connectivity index (χ4v) is 4.92. The number of carbonyl (C=O) groups is 3. The monoisotopic (exact) mass is 453 g/mol. The van der Waals surface area contributed by atoms with Crippen molar-refractivity contribution in [2.75, 3.05) is 26.8 Å². The standard InChI is InChI=1S/C25H28FN3O4/c1-33-17-19-6-4-10-28(15-19)22(30)12-25(20-7-2-8-21(26)11-20)13-23(31)29(24(25)32)16-18-5-3-9-27-14-18/h2-3,5,7-9,11,14,19H,4,6,10,12-13,15-17H2,1H3/t19-,25-/m0/s1. The predicted octanol–water partition coefficient (Wildman–Crippen LogP) is 2.69. The zero-order chi connectivity index (χ0) is 23.4. The molecule has 2 atom stereocenters. The van der Waals surface area contributed by atoms with Crippen LogP contribution in [0.3, 0.4) is 0 Å². The van der Waals surface area contributed by atoms with Crippen LogP contribution in [-0.2, 0) is 31.1 Å². The highest BCUT2D eigenvalue weighted by molar-refractivity contribution is 6.10. The van der Waals surface area contributed by atoms with Crippen molar-refractivity contribution in [3.8, 4) is 0 Å². The van der Waals surface area contributed by atoms with Crippen LogP contribution in [0.1, 0.15) is 36.8 Å². The second kappa shape index (κ2) is 9.79. The van der Waals surface area contributed by atoms with Crippen molar-refractivity contribution in [2.24, 2.45) is 5.92 Å². The molecule has 0 radical (unpaired) electrons. The van der Waals surface area contributed by atoms with Gasteiger partial charge in [0, 0.05) is 45.4 Å². The number of imide groups is 1. The van der Waals surface area contributed by atoms with Crippen LogP contribution < -0.4 is 0 Å². The van der Waals surface area contributed by atoms with E-state index in [9.17, 15) is 18.8 Å². The summed E-state index contributed by atoms with van der Waals surface area (Å²) in [6.07, 6.45) is 4.69. The van der Waals surface area contributed by atoms with E-state index in [0.717, 1.165) is 12.8 Å². The molecule has 0 unspecified atom stereocenters. The van der Waals surface area contributed by atoms with Gasteiger partial charge in [-0.3, -0.25) is 24.3 Å². The largest absolute Gasteiger partial charge is 0.384 e. The van der Waals surface area contributed by atoms with Crippen molar-refractivity contribution < 1.29 is 23.5 Å². The maximum absolute atomic E-state index is 14.2. The van der Waals surface area contributed by atoms with Crippen molar-refractivity contribution in [1.29, 1.82) is 0 Å². The third kappa shape index (κ3) is 4.80. The van der Waals surface area contributed by atoms with Gasteiger partial charge in [0.2, 0.25) is 17.7 Å². The molecule has 2 saturated heterocycles. The highest BCUT2D eigenvalue weighted by Crippen LogP contribution is 2.41. The number of ether oxygens (including phenoxy) is 1. The Balaban J connectivity index is 1.63. The third-order valence-electron chi connectivity index (χ3n) is 6.58.